The molecule has 0 saturated carbocycles. The molecule has 0 spiro atoms. The Kier molecular flexibility index (Phi) is 35.9. The lowest BCUT2D eigenvalue weighted by Crippen LogP contribution is -2.19. The summed E-state index contributed by atoms with van der Waals surface area (Å²) in [6, 6.07) is 0. The van der Waals surface area contributed by atoms with E-state index in [0.717, 1.165) is 0 Å². The van der Waals surface area contributed by atoms with E-state index in [1.165, 1.54) is 0 Å². The first-order valence-electron chi connectivity index (χ1n) is 6.53. The average molecular weight is 292 g/mol. The lowest BCUT2D eigenvalue weighted by Gasteiger charge is -2.10. The zero-order valence-corrected chi connectivity index (χ0v) is 13.5. The Morgan fingerprint density at radius 1 is 1.25 bits per heavy atom. The standard InChI is InChI=1S/C6H14O3.C3H6O2.2C3H6/c1-5(8)4-9-6(2)3-7;1-2-3(4)5;2*1-3-2/h5-8H,3-4H2,1-2H3;2H2,1H3,(H,4,5);2*3H,1H2,2H3. The second-order valence-electron chi connectivity index (χ2n) is 3.74. The Labute approximate surface area is 123 Å². The van der Waals surface area contributed by atoms with Gasteiger partial charge in [0.25, 0.3) is 0 Å². The minimum absolute atomic E-state index is 0.00667. The van der Waals surface area contributed by atoms with E-state index in [4.69, 9.17) is 20.1 Å². The van der Waals surface area contributed by atoms with Crippen molar-refractivity contribution in [2.24, 2.45) is 0 Å². The molecule has 0 aromatic carbocycles. The van der Waals surface area contributed by atoms with Gasteiger partial charge < -0.3 is 20.1 Å². The SMILES string of the molecule is C=CC.C=CC.CC(O)COC(C)CO.CCC(=O)O. The van der Waals surface area contributed by atoms with Crippen LogP contribution in [-0.2, 0) is 9.53 Å². The van der Waals surface area contributed by atoms with Gasteiger partial charge in [0.1, 0.15) is 0 Å². The Morgan fingerprint density at radius 3 is 1.70 bits per heavy atom. The molecule has 0 aliphatic heterocycles. The largest absolute Gasteiger partial charge is 0.481 e. The van der Waals surface area contributed by atoms with Crippen molar-refractivity contribution in [1.82, 2.24) is 0 Å². The van der Waals surface area contributed by atoms with E-state index >= 15 is 0 Å². The summed E-state index contributed by atoms with van der Waals surface area (Å²) in [6.45, 7) is 15.8. The van der Waals surface area contributed by atoms with Gasteiger partial charge in [-0.2, -0.15) is 0 Å². The van der Waals surface area contributed by atoms with Crippen molar-refractivity contribution in [1.29, 1.82) is 0 Å². The normalized spacial score (nSPS) is 10.9. The molecule has 2 unspecified atom stereocenters. The number of aliphatic hydroxyl groups is 2. The van der Waals surface area contributed by atoms with E-state index in [2.05, 4.69) is 13.2 Å². The number of carboxylic acid groups (broad SMARTS) is 1. The zero-order chi connectivity index (χ0) is 17.0. The molecular formula is C15H32O5. The van der Waals surface area contributed by atoms with Crippen molar-refractivity contribution >= 4 is 5.97 Å². The van der Waals surface area contributed by atoms with Gasteiger partial charge in [-0.3, -0.25) is 4.79 Å². The van der Waals surface area contributed by atoms with E-state index in [-0.39, 0.29) is 19.1 Å². The van der Waals surface area contributed by atoms with E-state index < -0.39 is 12.1 Å². The summed E-state index contributed by atoms with van der Waals surface area (Å²) in [7, 11) is 0. The summed E-state index contributed by atoms with van der Waals surface area (Å²) in [5, 5.41) is 24.9. The van der Waals surface area contributed by atoms with Crippen LogP contribution >= 0.6 is 0 Å². The van der Waals surface area contributed by atoms with E-state index in [1.54, 1.807) is 32.9 Å². The number of carbonyl (C=O) groups is 1. The van der Waals surface area contributed by atoms with Crippen LogP contribution < -0.4 is 0 Å². The minimum Gasteiger partial charge on any atom is -0.481 e. The van der Waals surface area contributed by atoms with Gasteiger partial charge in [-0.05, 0) is 27.7 Å². The molecule has 0 bridgehead atoms. The van der Waals surface area contributed by atoms with Gasteiger partial charge in [0.05, 0.1) is 25.4 Å². The second kappa shape index (κ2) is 26.4. The van der Waals surface area contributed by atoms with Gasteiger partial charge in [0.2, 0.25) is 0 Å². The summed E-state index contributed by atoms with van der Waals surface area (Å²) in [5.74, 6) is -0.745. The number of rotatable bonds is 5. The van der Waals surface area contributed by atoms with Crippen LogP contribution in [-0.4, -0.2) is 46.7 Å². The molecule has 3 N–H and O–H groups in total. The average Bonchev–Trinajstić information content (AvgIpc) is 2.38. The quantitative estimate of drug-likeness (QED) is 0.678. The summed E-state index contributed by atoms with van der Waals surface area (Å²) in [5.41, 5.74) is 0. The molecular weight excluding hydrogens is 260 g/mol. The number of ether oxygens (including phenoxy) is 1. The summed E-state index contributed by atoms with van der Waals surface area (Å²) in [4.78, 5) is 9.37. The van der Waals surface area contributed by atoms with E-state index in [1.807, 2.05) is 13.8 Å². The summed E-state index contributed by atoms with van der Waals surface area (Å²) in [6.07, 6.45) is 3.11. The third kappa shape index (κ3) is 68.8. The van der Waals surface area contributed by atoms with Crippen LogP contribution in [0.3, 0.4) is 0 Å². The Balaban J connectivity index is -0.0000000983. The zero-order valence-electron chi connectivity index (χ0n) is 13.5. The van der Waals surface area contributed by atoms with Crippen molar-refractivity contribution in [2.45, 2.75) is 53.2 Å². The molecule has 0 rings (SSSR count). The maximum absolute atomic E-state index is 9.37. The highest BCUT2D eigenvalue weighted by molar-refractivity contribution is 5.66. The molecule has 0 aliphatic rings. The molecule has 0 amide bonds. The molecule has 0 radical (unpaired) electrons. The first-order valence-corrected chi connectivity index (χ1v) is 6.53. The minimum atomic E-state index is -0.745. The molecule has 122 valence electrons. The topological polar surface area (TPSA) is 87.0 Å². The van der Waals surface area contributed by atoms with Gasteiger partial charge in [0, 0.05) is 6.42 Å². The van der Waals surface area contributed by atoms with Crippen molar-refractivity contribution in [3.05, 3.63) is 25.3 Å². The predicted molar refractivity (Wildman–Crippen MR) is 83.8 cm³/mol. The highest BCUT2D eigenvalue weighted by atomic mass is 16.5. The van der Waals surface area contributed by atoms with Crippen LogP contribution in [0.25, 0.3) is 0 Å². The highest BCUT2D eigenvalue weighted by Gasteiger charge is 2.00. The van der Waals surface area contributed by atoms with Crippen LogP contribution in [0.5, 0.6) is 0 Å². The monoisotopic (exact) mass is 292 g/mol. The summed E-state index contributed by atoms with van der Waals surface area (Å²) >= 11 is 0. The maximum Gasteiger partial charge on any atom is 0.303 e. The number of aliphatic hydroxyl groups excluding tert-OH is 2. The van der Waals surface area contributed by atoms with Crippen molar-refractivity contribution in [3.8, 4) is 0 Å². The summed E-state index contributed by atoms with van der Waals surface area (Å²) < 4.78 is 4.95. The first-order chi connectivity index (χ1) is 9.26. The number of hydrogen-bond acceptors (Lipinski definition) is 4. The highest BCUT2D eigenvalue weighted by Crippen LogP contribution is 1.90. The van der Waals surface area contributed by atoms with Crippen molar-refractivity contribution in [2.75, 3.05) is 13.2 Å². The second-order valence-corrected chi connectivity index (χ2v) is 3.74. The molecule has 0 aromatic rings. The molecule has 5 heteroatoms. The maximum atomic E-state index is 9.37. The van der Waals surface area contributed by atoms with Crippen molar-refractivity contribution < 1.29 is 24.9 Å². The fourth-order valence-corrected chi connectivity index (χ4v) is 0.356. The molecule has 0 heterocycles. The molecule has 0 fully saturated rings. The Morgan fingerprint density at radius 2 is 1.55 bits per heavy atom. The third-order valence-corrected chi connectivity index (χ3v) is 1.18. The number of hydrogen-bond donors (Lipinski definition) is 3. The Hall–Kier alpha value is -1.17. The van der Waals surface area contributed by atoms with Gasteiger partial charge in [-0.1, -0.05) is 19.1 Å². The van der Waals surface area contributed by atoms with E-state index in [0.29, 0.717) is 6.61 Å². The fourth-order valence-electron chi connectivity index (χ4n) is 0.356. The van der Waals surface area contributed by atoms with E-state index in [9.17, 15) is 4.79 Å². The van der Waals surface area contributed by atoms with Crippen LogP contribution in [0.4, 0.5) is 0 Å². The molecule has 0 saturated heterocycles. The van der Waals surface area contributed by atoms with Gasteiger partial charge in [-0.15, -0.1) is 13.2 Å². The molecule has 5 nitrogen and oxygen atoms in total. The van der Waals surface area contributed by atoms with Crippen LogP contribution in [0.2, 0.25) is 0 Å². The van der Waals surface area contributed by atoms with Gasteiger partial charge in [-0.25, -0.2) is 0 Å². The molecule has 0 aliphatic carbocycles. The number of carboxylic acids is 1. The van der Waals surface area contributed by atoms with Gasteiger partial charge in [0.15, 0.2) is 0 Å². The Bertz CT molecular complexity index is 196. The van der Waals surface area contributed by atoms with Gasteiger partial charge >= 0.3 is 5.97 Å². The molecule has 2 atom stereocenters. The predicted octanol–water partition coefficient (Wildman–Crippen LogP) is 2.63. The lowest BCUT2D eigenvalue weighted by atomic mass is 10.4. The third-order valence-electron chi connectivity index (χ3n) is 1.18. The first kappa shape index (κ1) is 27.2. The lowest BCUT2D eigenvalue weighted by molar-refractivity contribution is -0.136. The molecule has 0 aromatic heterocycles. The van der Waals surface area contributed by atoms with Crippen LogP contribution in [0.1, 0.15) is 41.0 Å². The van der Waals surface area contributed by atoms with Crippen LogP contribution in [0, 0.1) is 0 Å². The number of aliphatic carboxylic acids is 1. The number of allylic oxidation sites excluding steroid dienone is 2. The smallest absolute Gasteiger partial charge is 0.303 e. The fraction of sp³-hybridized carbons (Fsp3) is 0.667. The molecule has 20 heavy (non-hydrogen) atoms. The van der Waals surface area contributed by atoms with Crippen LogP contribution in [0.15, 0.2) is 25.3 Å². The van der Waals surface area contributed by atoms with Crippen molar-refractivity contribution in [3.63, 3.8) is 0 Å².